The number of phenolic OH excluding ortho intramolecular Hbond substituents is 1. The minimum Gasteiger partial charge on any atom is -0.507 e. The third-order valence-corrected chi connectivity index (χ3v) is 3.14. The van der Waals surface area contributed by atoms with Crippen molar-refractivity contribution >= 4 is 33.3 Å². The average Bonchev–Trinajstić information content (AvgIpc) is 2.32. The molecule has 0 amide bonds. The fraction of sp³-hybridized carbons (Fsp3) is 0. The van der Waals surface area contributed by atoms with Gasteiger partial charge in [0.1, 0.15) is 5.75 Å². The van der Waals surface area contributed by atoms with E-state index in [0.717, 1.165) is 4.47 Å². The normalized spacial score (nSPS) is 10.2. The van der Waals surface area contributed by atoms with Gasteiger partial charge in [-0.1, -0.05) is 39.7 Å². The number of phenols is 1. The molecule has 0 heterocycles. The molecule has 1 N–H and O–H groups in total. The summed E-state index contributed by atoms with van der Waals surface area (Å²) < 4.78 is 0.765. The highest BCUT2D eigenvalue weighted by molar-refractivity contribution is 9.10. The molecule has 0 aromatic heterocycles. The van der Waals surface area contributed by atoms with Gasteiger partial charge in [0.15, 0.2) is 5.78 Å². The monoisotopic (exact) mass is 310 g/mol. The average molecular weight is 312 g/mol. The fourth-order valence-electron chi connectivity index (χ4n) is 1.48. The van der Waals surface area contributed by atoms with Crippen LogP contribution in [0.25, 0.3) is 0 Å². The van der Waals surface area contributed by atoms with E-state index in [-0.39, 0.29) is 17.1 Å². The molecule has 0 saturated carbocycles. The van der Waals surface area contributed by atoms with Crippen molar-refractivity contribution in [3.8, 4) is 5.75 Å². The topological polar surface area (TPSA) is 37.3 Å². The van der Waals surface area contributed by atoms with E-state index in [4.69, 9.17) is 11.6 Å². The number of carbonyl (C=O) groups is 1. The number of rotatable bonds is 2. The van der Waals surface area contributed by atoms with Crippen LogP contribution >= 0.6 is 27.5 Å². The van der Waals surface area contributed by atoms with Gasteiger partial charge >= 0.3 is 0 Å². The molecular weight excluding hydrogens is 303 g/mol. The van der Waals surface area contributed by atoms with Gasteiger partial charge in [-0.15, -0.1) is 0 Å². The summed E-state index contributed by atoms with van der Waals surface area (Å²) in [5.74, 6) is -0.344. The minimum atomic E-state index is -0.297. The first-order chi connectivity index (χ1) is 8.09. The number of aromatic hydroxyl groups is 1. The van der Waals surface area contributed by atoms with E-state index in [9.17, 15) is 9.90 Å². The molecular formula is C13H8BrClO2. The van der Waals surface area contributed by atoms with Gasteiger partial charge in [-0.3, -0.25) is 4.79 Å². The van der Waals surface area contributed by atoms with Crippen LogP contribution in [0.2, 0.25) is 5.02 Å². The summed E-state index contributed by atoms with van der Waals surface area (Å²) in [6.07, 6.45) is 0. The van der Waals surface area contributed by atoms with E-state index >= 15 is 0 Å². The highest BCUT2D eigenvalue weighted by Gasteiger charge is 2.16. The molecule has 0 aliphatic carbocycles. The van der Waals surface area contributed by atoms with Crippen LogP contribution in [0.3, 0.4) is 0 Å². The summed E-state index contributed by atoms with van der Waals surface area (Å²) in [6, 6.07) is 11.4. The van der Waals surface area contributed by atoms with E-state index in [2.05, 4.69) is 15.9 Å². The third-order valence-electron chi connectivity index (χ3n) is 2.32. The van der Waals surface area contributed by atoms with Crippen molar-refractivity contribution in [1.29, 1.82) is 0 Å². The van der Waals surface area contributed by atoms with Crippen LogP contribution in [-0.4, -0.2) is 10.9 Å². The second-order valence-corrected chi connectivity index (χ2v) is 4.79. The van der Waals surface area contributed by atoms with Gasteiger partial charge in [-0.05, 0) is 30.3 Å². The first-order valence-corrected chi connectivity index (χ1v) is 6.04. The Labute approximate surface area is 112 Å². The number of halogens is 2. The SMILES string of the molecule is O=C(c1ccccc1O)c1cc(Br)ccc1Cl. The first-order valence-electron chi connectivity index (χ1n) is 4.87. The zero-order valence-electron chi connectivity index (χ0n) is 8.65. The van der Waals surface area contributed by atoms with Crippen LogP contribution in [0.4, 0.5) is 0 Å². The molecule has 0 unspecified atom stereocenters. The molecule has 0 bridgehead atoms. The lowest BCUT2D eigenvalue weighted by Gasteiger charge is -2.06. The van der Waals surface area contributed by atoms with Crippen LogP contribution in [0.15, 0.2) is 46.9 Å². The van der Waals surface area contributed by atoms with Crippen molar-refractivity contribution in [3.05, 3.63) is 63.1 Å². The van der Waals surface area contributed by atoms with Crippen molar-refractivity contribution in [2.75, 3.05) is 0 Å². The smallest absolute Gasteiger partial charge is 0.198 e. The van der Waals surface area contributed by atoms with Gasteiger partial charge in [0.05, 0.1) is 10.6 Å². The van der Waals surface area contributed by atoms with E-state index < -0.39 is 0 Å². The molecule has 2 rings (SSSR count). The van der Waals surface area contributed by atoms with Crippen molar-refractivity contribution < 1.29 is 9.90 Å². The lowest BCUT2D eigenvalue weighted by molar-refractivity contribution is 0.103. The summed E-state index contributed by atoms with van der Waals surface area (Å²) >= 11 is 9.25. The lowest BCUT2D eigenvalue weighted by atomic mass is 10.0. The van der Waals surface area contributed by atoms with E-state index in [0.29, 0.717) is 10.6 Å². The molecule has 4 heteroatoms. The van der Waals surface area contributed by atoms with E-state index in [1.807, 2.05) is 0 Å². The Bertz CT molecular complexity index is 581. The summed E-state index contributed by atoms with van der Waals surface area (Å²) in [5, 5.41) is 9.99. The third kappa shape index (κ3) is 2.51. The molecule has 0 aliphatic rings. The number of para-hydroxylation sites is 1. The van der Waals surface area contributed by atoms with Gasteiger partial charge in [0.2, 0.25) is 0 Å². The van der Waals surface area contributed by atoms with Crippen LogP contribution in [0.5, 0.6) is 5.75 Å². The maximum atomic E-state index is 12.2. The highest BCUT2D eigenvalue weighted by atomic mass is 79.9. The highest BCUT2D eigenvalue weighted by Crippen LogP contribution is 2.26. The zero-order valence-corrected chi connectivity index (χ0v) is 11.0. The molecule has 0 radical (unpaired) electrons. The molecule has 86 valence electrons. The van der Waals surface area contributed by atoms with Gasteiger partial charge in [0.25, 0.3) is 0 Å². The molecule has 2 nitrogen and oxygen atoms in total. The molecule has 0 spiro atoms. The predicted molar refractivity (Wildman–Crippen MR) is 70.7 cm³/mol. The number of hydrogen-bond donors (Lipinski definition) is 1. The number of ketones is 1. The van der Waals surface area contributed by atoms with Crippen LogP contribution in [0, 0.1) is 0 Å². The quantitative estimate of drug-likeness (QED) is 0.850. The van der Waals surface area contributed by atoms with Crippen molar-refractivity contribution in [1.82, 2.24) is 0 Å². The Morgan fingerprint density at radius 1 is 1.12 bits per heavy atom. The second-order valence-electron chi connectivity index (χ2n) is 3.47. The minimum absolute atomic E-state index is 0.0476. The fourth-order valence-corrected chi connectivity index (χ4v) is 2.05. The molecule has 0 saturated heterocycles. The molecule has 0 fully saturated rings. The molecule has 2 aromatic rings. The Morgan fingerprint density at radius 2 is 1.82 bits per heavy atom. The Morgan fingerprint density at radius 3 is 2.53 bits per heavy atom. The largest absolute Gasteiger partial charge is 0.507 e. The van der Waals surface area contributed by atoms with Crippen molar-refractivity contribution in [3.63, 3.8) is 0 Å². The Kier molecular flexibility index (Phi) is 3.50. The second kappa shape index (κ2) is 4.90. The molecule has 0 atom stereocenters. The maximum absolute atomic E-state index is 12.2. The predicted octanol–water partition coefficient (Wildman–Crippen LogP) is 4.04. The zero-order chi connectivity index (χ0) is 12.4. The van der Waals surface area contributed by atoms with Crippen LogP contribution in [0.1, 0.15) is 15.9 Å². The van der Waals surface area contributed by atoms with Crippen molar-refractivity contribution in [2.24, 2.45) is 0 Å². The lowest BCUT2D eigenvalue weighted by Crippen LogP contribution is -2.02. The van der Waals surface area contributed by atoms with E-state index in [1.54, 1.807) is 36.4 Å². The standard InChI is InChI=1S/C13H8BrClO2/c14-8-5-6-11(15)10(7-8)13(17)9-3-1-2-4-12(9)16/h1-7,16H. The van der Waals surface area contributed by atoms with Crippen LogP contribution < -0.4 is 0 Å². The number of benzene rings is 2. The van der Waals surface area contributed by atoms with E-state index in [1.165, 1.54) is 6.07 Å². The summed E-state index contributed by atoms with van der Waals surface area (Å²) in [7, 11) is 0. The van der Waals surface area contributed by atoms with Crippen molar-refractivity contribution in [2.45, 2.75) is 0 Å². The first kappa shape index (κ1) is 12.1. The molecule has 0 aliphatic heterocycles. The summed E-state index contributed by atoms with van der Waals surface area (Å²) in [4.78, 5) is 12.2. The number of carbonyl (C=O) groups excluding carboxylic acids is 1. The van der Waals surface area contributed by atoms with Gasteiger partial charge in [-0.2, -0.15) is 0 Å². The summed E-state index contributed by atoms with van der Waals surface area (Å²) in [6.45, 7) is 0. The summed E-state index contributed by atoms with van der Waals surface area (Å²) in [5.41, 5.74) is 0.607. The van der Waals surface area contributed by atoms with Gasteiger partial charge < -0.3 is 5.11 Å². The van der Waals surface area contributed by atoms with Gasteiger partial charge in [0, 0.05) is 10.0 Å². The van der Waals surface area contributed by atoms with Gasteiger partial charge in [-0.25, -0.2) is 0 Å². The maximum Gasteiger partial charge on any atom is 0.198 e. The van der Waals surface area contributed by atoms with Crippen LogP contribution in [-0.2, 0) is 0 Å². The Hall–Kier alpha value is -1.32. The molecule has 17 heavy (non-hydrogen) atoms. The molecule has 2 aromatic carbocycles. The number of hydrogen-bond acceptors (Lipinski definition) is 2. The Balaban J connectivity index is 2.51.